The Morgan fingerprint density at radius 1 is 1.10 bits per heavy atom. The van der Waals surface area contributed by atoms with Crippen LogP contribution in [0, 0.1) is 0 Å². The van der Waals surface area contributed by atoms with E-state index in [2.05, 4.69) is 19.2 Å². The monoisotopic (exact) mass is 423 g/mol. The van der Waals surface area contributed by atoms with Crippen LogP contribution in [0.4, 0.5) is 5.69 Å². The van der Waals surface area contributed by atoms with Crippen molar-refractivity contribution in [2.75, 3.05) is 11.9 Å². The van der Waals surface area contributed by atoms with Gasteiger partial charge in [-0.1, -0.05) is 31.2 Å². The van der Waals surface area contributed by atoms with Gasteiger partial charge in [0.25, 0.3) is 11.5 Å². The van der Waals surface area contributed by atoms with Crippen molar-refractivity contribution in [3.8, 4) is 0 Å². The Bertz CT molecular complexity index is 1310. The van der Waals surface area contributed by atoms with Gasteiger partial charge in [-0.15, -0.1) is 0 Å². The first-order valence-electron chi connectivity index (χ1n) is 9.26. The summed E-state index contributed by atoms with van der Waals surface area (Å²) in [4.78, 5) is 37.5. The largest absolute Gasteiger partial charge is 0.451 e. The number of amides is 1. The van der Waals surface area contributed by atoms with Crippen LogP contribution in [0.15, 0.2) is 47.3 Å². The Morgan fingerprint density at radius 2 is 1.90 bits per heavy atom. The Hall–Kier alpha value is -3.66. The molecule has 0 spiro atoms. The van der Waals surface area contributed by atoms with Gasteiger partial charge >= 0.3 is 5.97 Å². The zero-order valence-corrected chi connectivity index (χ0v) is 16.8. The number of hydrogen-bond donors (Lipinski definition) is 1. The summed E-state index contributed by atoms with van der Waals surface area (Å²) in [6.07, 6.45) is 0.680. The lowest BCUT2D eigenvalue weighted by molar-refractivity contribution is -0.119. The van der Waals surface area contributed by atoms with Gasteiger partial charge in [0, 0.05) is 11.9 Å². The number of anilines is 1. The summed E-state index contributed by atoms with van der Waals surface area (Å²) >= 11 is 1.04. The number of aromatic nitrogens is 4. The predicted molar refractivity (Wildman–Crippen MR) is 113 cm³/mol. The van der Waals surface area contributed by atoms with E-state index in [1.807, 2.05) is 6.92 Å². The van der Waals surface area contributed by atoms with E-state index in [1.54, 1.807) is 42.5 Å². The maximum Gasteiger partial charge on any atom is 0.359 e. The molecular weight excluding hydrogens is 406 g/mol. The van der Waals surface area contributed by atoms with Crippen LogP contribution in [-0.4, -0.2) is 37.0 Å². The van der Waals surface area contributed by atoms with Gasteiger partial charge in [-0.05, 0) is 24.6 Å². The number of aryl methyl sites for hydroxylation is 1. The third-order valence-corrected chi connectivity index (χ3v) is 4.93. The average Bonchev–Trinajstić information content (AvgIpc) is 3.24. The molecule has 30 heavy (non-hydrogen) atoms. The van der Waals surface area contributed by atoms with E-state index in [1.165, 1.54) is 4.68 Å². The fourth-order valence-electron chi connectivity index (χ4n) is 3.04. The first kappa shape index (κ1) is 19.6. The van der Waals surface area contributed by atoms with E-state index in [0.29, 0.717) is 40.5 Å². The summed E-state index contributed by atoms with van der Waals surface area (Å²) in [7, 11) is 0. The van der Waals surface area contributed by atoms with Gasteiger partial charge in [-0.2, -0.15) is 13.8 Å². The molecule has 2 aromatic carbocycles. The summed E-state index contributed by atoms with van der Waals surface area (Å²) in [5, 5.41) is 7.60. The normalized spacial score (nSPS) is 11.0. The van der Waals surface area contributed by atoms with Crippen molar-refractivity contribution < 1.29 is 14.3 Å². The number of esters is 1. The average molecular weight is 423 g/mol. The minimum atomic E-state index is -0.778. The number of benzene rings is 2. The molecule has 0 aliphatic rings. The van der Waals surface area contributed by atoms with Crippen LogP contribution in [0.5, 0.6) is 0 Å². The zero-order valence-electron chi connectivity index (χ0n) is 16.0. The number of hydrogen-bond acceptors (Lipinski definition) is 8. The Morgan fingerprint density at radius 3 is 2.70 bits per heavy atom. The molecule has 10 heteroatoms. The third-order valence-electron chi connectivity index (χ3n) is 4.39. The number of rotatable bonds is 6. The second-order valence-corrected chi connectivity index (χ2v) is 7.01. The van der Waals surface area contributed by atoms with Gasteiger partial charge in [-0.3, -0.25) is 9.59 Å². The predicted octanol–water partition coefficient (Wildman–Crippen LogP) is 2.61. The molecular formula is C20H17N5O4S. The number of ether oxygens (including phenoxy) is 1. The van der Waals surface area contributed by atoms with Crippen LogP contribution < -0.4 is 10.9 Å². The number of nitrogens with one attached hydrogen (secondary N) is 1. The van der Waals surface area contributed by atoms with Gasteiger partial charge in [0.15, 0.2) is 12.3 Å². The zero-order chi connectivity index (χ0) is 21.1. The van der Waals surface area contributed by atoms with E-state index >= 15 is 0 Å². The Kier molecular flexibility index (Phi) is 5.48. The van der Waals surface area contributed by atoms with Crippen LogP contribution in [0.25, 0.3) is 21.8 Å². The molecule has 0 atom stereocenters. The fourth-order valence-corrected chi connectivity index (χ4v) is 3.59. The van der Waals surface area contributed by atoms with Crippen molar-refractivity contribution in [3.63, 3.8) is 0 Å². The van der Waals surface area contributed by atoms with E-state index in [9.17, 15) is 14.4 Å². The minimum Gasteiger partial charge on any atom is -0.451 e. The first-order valence-corrected chi connectivity index (χ1v) is 9.99. The van der Waals surface area contributed by atoms with Crippen LogP contribution in [0.1, 0.15) is 23.8 Å². The standard InChI is InChI=1S/C20H17N5O4S/c1-2-10-25-19(27)13-7-4-3-6-12(13)17(22-25)20(28)29-11-16(26)21-14-8-5-9-15-18(14)24-30-23-15/h3-9H,2,10-11H2,1H3,(H,21,26). The minimum absolute atomic E-state index is 0.00254. The smallest absolute Gasteiger partial charge is 0.359 e. The summed E-state index contributed by atoms with van der Waals surface area (Å²) in [5.74, 6) is -1.30. The summed E-state index contributed by atoms with van der Waals surface area (Å²) < 4.78 is 14.7. The molecule has 1 amide bonds. The lowest BCUT2D eigenvalue weighted by Crippen LogP contribution is -2.27. The lowest BCUT2D eigenvalue weighted by Gasteiger charge is -2.10. The van der Waals surface area contributed by atoms with Crippen LogP contribution in [0.3, 0.4) is 0 Å². The fraction of sp³-hybridized carbons (Fsp3) is 0.200. The molecule has 4 aromatic rings. The molecule has 2 heterocycles. The molecule has 1 N–H and O–H groups in total. The second-order valence-electron chi connectivity index (χ2n) is 6.48. The van der Waals surface area contributed by atoms with E-state index in [4.69, 9.17) is 4.74 Å². The molecule has 0 bridgehead atoms. The Balaban J connectivity index is 1.53. The first-order chi connectivity index (χ1) is 14.6. The molecule has 9 nitrogen and oxygen atoms in total. The van der Waals surface area contributed by atoms with Crippen molar-refractivity contribution in [3.05, 3.63) is 58.5 Å². The van der Waals surface area contributed by atoms with Gasteiger partial charge in [-0.25, -0.2) is 9.48 Å². The molecule has 2 aromatic heterocycles. The summed E-state index contributed by atoms with van der Waals surface area (Å²) in [5.41, 5.74) is 1.46. The van der Waals surface area contributed by atoms with Crippen LogP contribution in [0.2, 0.25) is 0 Å². The van der Waals surface area contributed by atoms with Crippen molar-refractivity contribution >= 4 is 51.1 Å². The molecule has 4 rings (SSSR count). The van der Waals surface area contributed by atoms with Crippen molar-refractivity contribution in [2.24, 2.45) is 0 Å². The summed E-state index contributed by atoms with van der Waals surface area (Å²) in [6, 6.07) is 11.9. The number of carbonyl (C=O) groups is 2. The third kappa shape index (κ3) is 3.77. The van der Waals surface area contributed by atoms with E-state index in [0.717, 1.165) is 11.7 Å². The highest BCUT2D eigenvalue weighted by Crippen LogP contribution is 2.21. The van der Waals surface area contributed by atoms with E-state index < -0.39 is 18.5 Å². The van der Waals surface area contributed by atoms with Crippen molar-refractivity contribution in [1.29, 1.82) is 0 Å². The van der Waals surface area contributed by atoms with Gasteiger partial charge < -0.3 is 10.1 Å². The number of nitrogens with zero attached hydrogens (tertiary/aromatic N) is 4. The molecule has 0 fully saturated rings. The maximum atomic E-state index is 12.7. The topological polar surface area (TPSA) is 116 Å². The molecule has 152 valence electrons. The molecule has 0 saturated heterocycles. The van der Waals surface area contributed by atoms with Crippen molar-refractivity contribution in [2.45, 2.75) is 19.9 Å². The molecule has 0 aliphatic carbocycles. The Labute approximate surface area is 174 Å². The van der Waals surface area contributed by atoms with Gasteiger partial charge in [0.2, 0.25) is 0 Å². The van der Waals surface area contributed by atoms with E-state index in [-0.39, 0.29) is 11.3 Å². The highest BCUT2D eigenvalue weighted by molar-refractivity contribution is 7.00. The molecule has 0 radical (unpaired) electrons. The lowest BCUT2D eigenvalue weighted by atomic mass is 10.1. The molecule has 0 saturated carbocycles. The quantitative estimate of drug-likeness (QED) is 0.474. The highest BCUT2D eigenvalue weighted by Gasteiger charge is 2.19. The van der Waals surface area contributed by atoms with Crippen LogP contribution >= 0.6 is 11.7 Å². The van der Waals surface area contributed by atoms with Gasteiger partial charge in [0.1, 0.15) is 11.0 Å². The van der Waals surface area contributed by atoms with Crippen LogP contribution in [-0.2, 0) is 16.1 Å². The molecule has 0 aliphatic heterocycles. The summed E-state index contributed by atoms with van der Waals surface area (Å²) in [6.45, 7) is 1.77. The number of fused-ring (bicyclic) bond motifs is 2. The SMILES string of the molecule is CCCn1nc(C(=O)OCC(=O)Nc2cccc3nsnc23)c2ccccc2c1=O. The number of carbonyl (C=O) groups excluding carboxylic acids is 2. The highest BCUT2D eigenvalue weighted by atomic mass is 32.1. The molecule has 0 unspecified atom stereocenters. The van der Waals surface area contributed by atoms with Gasteiger partial charge in [0.05, 0.1) is 22.8 Å². The van der Waals surface area contributed by atoms with Crippen molar-refractivity contribution in [1.82, 2.24) is 18.5 Å². The second kappa shape index (κ2) is 8.37. The maximum absolute atomic E-state index is 12.7.